The molecule has 0 fully saturated rings. The Kier molecular flexibility index (Phi) is 2.85. The maximum atomic E-state index is 9.62. The topological polar surface area (TPSA) is 79.7 Å². The van der Waals surface area contributed by atoms with E-state index in [1.807, 2.05) is 60.0 Å². The van der Waals surface area contributed by atoms with Gasteiger partial charge < -0.3 is 11.1 Å². The van der Waals surface area contributed by atoms with Crippen LogP contribution in [0, 0.1) is 18.3 Å². The van der Waals surface area contributed by atoms with E-state index in [0.717, 1.165) is 16.6 Å². The van der Waals surface area contributed by atoms with Crippen molar-refractivity contribution in [2.75, 3.05) is 5.32 Å². The summed E-state index contributed by atoms with van der Waals surface area (Å²) in [5, 5.41) is 12.7. The van der Waals surface area contributed by atoms with Crippen molar-refractivity contribution in [3.63, 3.8) is 0 Å². The first kappa shape index (κ1) is 13.4. The van der Waals surface area contributed by atoms with Crippen molar-refractivity contribution in [1.82, 2.24) is 9.55 Å². The van der Waals surface area contributed by atoms with Crippen LogP contribution in [0.15, 0.2) is 59.9 Å². The van der Waals surface area contributed by atoms with Crippen LogP contribution in [0.4, 0.5) is 5.95 Å². The maximum Gasteiger partial charge on any atom is 0.210 e. The number of allylic oxidation sites excluding steroid dienone is 1. The zero-order valence-electron chi connectivity index (χ0n) is 12.6. The number of nitrogens with one attached hydrogen (secondary N) is 1. The zero-order chi connectivity index (χ0) is 16.0. The maximum absolute atomic E-state index is 9.62. The highest BCUT2D eigenvalue weighted by atomic mass is 15.3. The fraction of sp³-hybridized carbons (Fsp3) is 0.111. The molecule has 0 radical (unpaired) electrons. The molecule has 0 aliphatic carbocycles. The summed E-state index contributed by atoms with van der Waals surface area (Å²) in [5.74, 6) is 1.02. The summed E-state index contributed by atoms with van der Waals surface area (Å²) in [5.41, 5.74) is 10.6. The Hall–Kier alpha value is -3.26. The van der Waals surface area contributed by atoms with Crippen LogP contribution in [0.2, 0.25) is 0 Å². The van der Waals surface area contributed by atoms with Crippen LogP contribution in [0.1, 0.15) is 17.2 Å². The van der Waals surface area contributed by atoms with E-state index in [1.165, 1.54) is 5.56 Å². The van der Waals surface area contributed by atoms with Gasteiger partial charge in [-0.3, -0.25) is 4.57 Å². The van der Waals surface area contributed by atoms with Crippen molar-refractivity contribution in [2.24, 2.45) is 5.73 Å². The Bertz CT molecular complexity index is 973. The van der Waals surface area contributed by atoms with Gasteiger partial charge in [0.25, 0.3) is 0 Å². The fourth-order valence-corrected chi connectivity index (χ4v) is 3.04. The second-order valence-electron chi connectivity index (χ2n) is 5.67. The van der Waals surface area contributed by atoms with Gasteiger partial charge in [0, 0.05) is 0 Å². The number of nitriles is 1. The average Bonchev–Trinajstić information content (AvgIpc) is 2.92. The normalized spacial score (nSPS) is 16.8. The molecule has 5 heteroatoms. The molecule has 0 saturated heterocycles. The Labute approximate surface area is 133 Å². The molecule has 2 heterocycles. The monoisotopic (exact) mass is 301 g/mol. The van der Waals surface area contributed by atoms with Crippen LogP contribution in [0.25, 0.3) is 11.0 Å². The Morgan fingerprint density at radius 2 is 1.91 bits per heavy atom. The molecule has 4 rings (SSSR count). The van der Waals surface area contributed by atoms with Gasteiger partial charge in [-0.25, -0.2) is 4.98 Å². The molecule has 1 aromatic heterocycles. The first-order valence-electron chi connectivity index (χ1n) is 7.39. The summed E-state index contributed by atoms with van der Waals surface area (Å²) in [6, 6.07) is 18.0. The van der Waals surface area contributed by atoms with Gasteiger partial charge in [0.1, 0.15) is 17.9 Å². The number of nitrogens with zero attached hydrogens (tertiary/aromatic N) is 3. The molecular formula is C18H15N5. The number of rotatable bonds is 1. The molecule has 0 amide bonds. The van der Waals surface area contributed by atoms with Crippen LogP contribution < -0.4 is 11.1 Å². The van der Waals surface area contributed by atoms with Crippen LogP contribution in [0.3, 0.4) is 0 Å². The molecule has 2 aromatic carbocycles. The molecule has 5 nitrogen and oxygen atoms in total. The summed E-state index contributed by atoms with van der Waals surface area (Å²) in [4.78, 5) is 4.59. The van der Waals surface area contributed by atoms with Gasteiger partial charge in [-0.2, -0.15) is 5.26 Å². The minimum absolute atomic E-state index is 0.274. The second-order valence-corrected chi connectivity index (χ2v) is 5.67. The lowest BCUT2D eigenvalue weighted by Crippen LogP contribution is -2.27. The summed E-state index contributed by atoms with van der Waals surface area (Å²) in [7, 11) is 0. The van der Waals surface area contributed by atoms with E-state index >= 15 is 0 Å². The first-order chi connectivity index (χ1) is 11.2. The lowest BCUT2D eigenvalue weighted by Gasteiger charge is -2.27. The van der Waals surface area contributed by atoms with E-state index in [9.17, 15) is 5.26 Å². The van der Waals surface area contributed by atoms with Gasteiger partial charge in [-0.05, 0) is 24.6 Å². The molecule has 0 spiro atoms. The van der Waals surface area contributed by atoms with Crippen LogP contribution in [-0.4, -0.2) is 9.55 Å². The Morgan fingerprint density at radius 1 is 1.17 bits per heavy atom. The first-order valence-corrected chi connectivity index (χ1v) is 7.39. The number of aromatic nitrogens is 2. The quantitative estimate of drug-likeness (QED) is 0.724. The lowest BCUT2D eigenvalue weighted by molar-refractivity contribution is 0.680. The summed E-state index contributed by atoms with van der Waals surface area (Å²) in [6.45, 7) is 2.04. The molecule has 3 N–H and O–H groups in total. The Morgan fingerprint density at radius 3 is 2.65 bits per heavy atom. The molecular weight excluding hydrogens is 286 g/mol. The molecule has 1 aliphatic heterocycles. The highest BCUT2D eigenvalue weighted by molar-refractivity contribution is 5.80. The molecule has 23 heavy (non-hydrogen) atoms. The number of para-hydroxylation sites is 2. The zero-order valence-corrected chi connectivity index (χ0v) is 12.6. The van der Waals surface area contributed by atoms with Gasteiger partial charge in [0.2, 0.25) is 5.95 Å². The lowest BCUT2D eigenvalue weighted by atomic mass is 9.96. The summed E-state index contributed by atoms with van der Waals surface area (Å²) in [6.07, 6.45) is 0. The summed E-state index contributed by atoms with van der Waals surface area (Å²) >= 11 is 0. The Balaban J connectivity index is 2.02. The van der Waals surface area contributed by atoms with Crippen molar-refractivity contribution < 1.29 is 0 Å². The average molecular weight is 301 g/mol. The number of hydrogen-bond acceptors (Lipinski definition) is 4. The molecule has 0 bridgehead atoms. The van der Waals surface area contributed by atoms with E-state index in [4.69, 9.17) is 5.73 Å². The largest absolute Gasteiger partial charge is 0.384 e. The number of hydrogen-bond donors (Lipinski definition) is 2. The molecule has 3 aromatic rings. The van der Waals surface area contributed by atoms with Crippen molar-refractivity contribution in [3.8, 4) is 6.07 Å². The van der Waals surface area contributed by atoms with E-state index < -0.39 is 0 Å². The summed E-state index contributed by atoms with van der Waals surface area (Å²) < 4.78 is 2.04. The van der Waals surface area contributed by atoms with Crippen molar-refractivity contribution in [3.05, 3.63) is 71.1 Å². The SMILES string of the molecule is Cc1ccc([C@H]2C(C#N)=C(N)Nc3nc4ccccc4n32)cc1. The van der Waals surface area contributed by atoms with E-state index in [0.29, 0.717) is 17.3 Å². The third-order valence-electron chi connectivity index (χ3n) is 4.18. The number of nitrogens with two attached hydrogens (primary N) is 1. The van der Waals surface area contributed by atoms with E-state index in [1.54, 1.807) is 0 Å². The van der Waals surface area contributed by atoms with Gasteiger partial charge in [-0.1, -0.05) is 42.0 Å². The van der Waals surface area contributed by atoms with Crippen LogP contribution in [0.5, 0.6) is 0 Å². The highest BCUT2D eigenvalue weighted by Gasteiger charge is 2.30. The number of imidazole rings is 1. The number of aryl methyl sites for hydroxylation is 1. The molecule has 0 unspecified atom stereocenters. The van der Waals surface area contributed by atoms with Gasteiger partial charge in [0.15, 0.2) is 0 Å². The minimum atomic E-state index is -0.274. The molecule has 1 atom stereocenters. The fourth-order valence-electron chi connectivity index (χ4n) is 3.04. The molecule has 0 saturated carbocycles. The van der Waals surface area contributed by atoms with Crippen LogP contribution in [-0.2, 0) is 0 Å². The standard InChI is InChI=1S/C18H15N5/c1-11-6-8-12(9-7-11)16-13(10-19)17(20)22-18-21-14-4-2-3-5-15(14)23(16)18/h2-9,16H,20H2,1H3,(H,21,22)/t16-/m0/s1. The predicted molar refractivity (Wildman–Crippen MR) is 89.5 cm³/mol. The van der Waals surface area contributed by atoms with E-state index in [2.05, 4.69) is 16.4 Å². The number of benzene rings is 2. The minimum Gasteiger partial charge on any atom is -0.384 e. The van der Waals surface area contributed by atoms with E-state index in [-0.39, 0.29) is 6.04 Å². The third kappa shape index (κ3) is 1.96. The van der Waals surface area contributed by atoms with Crippen molar-refractivity contribution in [1.29, 1.82) is 5.26 Å². The van der Waals surface area contributed by atoms with Crippen LogP contribution >= 0.6 is 0 Å². The molecule has 1 aliphatic rings. The van der Waals surface area contributed by atoms with Crippen molar-refractivity contribution >= 4 is 17.0 Å². The second kappa shape index (κ2) is 4.89. The molecule has 112 valence electrons. The van der Waals surface area contributed by atoms with Gasteiger partial charge >= 0.3 is 0 Å². The highest BCUT2D eigenvalue weighted by Crippen LogP contribution is 2.37. The number of anilines is 1. The predicted octanol–water partition coefficient (Wildman–Crippen LogP) is 3.05. The van der Waals surface area contributed by atoms with Gasteiger partial charge in [0.05, 0.1) is 16.6 Å². The van der Waals surface area contributed by atoms with Gasteiger partial charge in [-0.15, -0.1) is 0 Å². The smallest absolute Gasteiger partial charge is 0.210 e. The third-order valence-corrected chi connectivity index (χ3v) is 4.18. The van der Waals surface area contributed by atoms with Crippen molar-refractivity contribution in [2.45, 2.75) is 13.0 Å². The number of fused-ring (bicyclic) bond motifs is 3.